The van der Waals surface area contributed by atoms with Crippen molar-refractivity contribution in [3.63, 3.8) is 0 Å². The molecule has 53 heavy (non-hydrogen) atoms. The van der Waals surface area contributed by atoms with E-state index >= 15 is 0 Å². The molecule has 0 bridgehead atoms. The van der Waals surface area contributed by atoms with Gasteiger partial charge in [-0.1, -0.05) is 127 Å². The van der Waals surface area contributed by atoms with Crippen molar-refractivity contribution in [3.05, 3.63) is 164 Å². The zero-order valence-electron chi connectivity index (χ0n) is 28.4. The van der Waals surface area contributed by atoms with Crippen molar-refractivity contribution in [1.82, 2.24) is 9.05 Å². The Morgan fingerprint density at radius 1 is 0.415 bits per heavy atom. The second kappa shape index (κ2) is 9.87. The van der Waals surface area contributed by atoms with Crippen LogP contribution in [0.2, 0.25) is 0 Å². The van der Waals surface area contributed by atoms with Crippen LogP contribution in [0.1, 0.15) is 0 Å². The number of hydrogen-bond acceptors (Lipinski definition) is 2. The van der Waals surface area contributed by atoms with Gasteiger partial charge in [-0.3, -0.25) is 0 Å². The van der Waals surface area contributed by atoms with Gasteiger partial charge in [-0.2, -0.15) is 0 Å². The molecule has 5 heteroatoms. The average molecular weight is 675 g/mol. The minimum absolute atomic E-state index is 0.137. The van der Waals surface area contributed by atoms with Crippen molar-refractivity contribution >= 4 is 105 Å². The lowest BCUT2D eigenvalue weighted by Crippen LogP contribution is -2.53. The number of furan rings is 2. The van der Waals surface area contributed by atoms with E-state index in [-0.39, 0.29) is 6.85 Å². The molecule has 0 atom stereocenters. The number of benzene rings is 8. The van der Waals surface area contributed by atoms with Gasteiger partial charge in [0.1, 0.15) is 22.3 Å². The topological polar surface area (TPSA) is 36.1 Å². The van der Waals surface area contributed by atoms with E-state index in [9.17, 15) is 0 Å². The number of rotatable bonds is 2. The molecule has 12 aromatic rings. The first-order valence-electron chi connectivity index (χ1n) is 18.2. The summed E-state index contributed by atoms with van der Waals surface area (Å²) in [6.45, 7) is -0.137. The summed E-state index contributed by atoms with van der Waals surface area (Å²) in [7, 11) is 0. The fraction of sp³-hybridized carbons (Fsp3) is 0. The molecule has 244 valence electrons. The summed E-state index contributed by atoms with van der Waals surface area (Å²) in [6, 6.07) is 59.2. The monoisotopic (exact) mass is 674 g/mol. The third-order valence-corrected chi connectivity index (χ3v) is 11.8. The lowest BCUT2D eigenvalue weighted by Gasteiger charge is -2.29. The molecule has 0 saturated heterocycles. The van der Waals surface area contributed by atoms with Crippen LogP contribution < -0.4 is 10.9 Å². The third-order valence-electron chi connectivity index (χ3n) is 11.8. The van der Waals surface area contributed by atoms with Crippen molar-refractivity contribution < 1.29 is 8.83 Å². The van der Waals surface area contributed by atoms with Gasteiger partial charge < -0.3 is 17.9 Å². The van der Waals surface area contributed by atoms with E-state index in [1.165, 1.54) is 49.5 Å². The largest absolute Gasteiger partial charge is 0.455 e. The Hall–Kier alpha value is -6.98. The maximum absolute atomic E-state index is 6.90. The smallest absolute Gasteiger partial charge is 0.332 e. The first kappa shape index (κ1) is 27.7. The Bertz CT molecular complexity index is 3530. The molecule has 0 spiro atoms. The van der Waals surface area contributed by atoms with Crippen LogP contribution in [0.15, 0.2) is 173 Å². The molecule has 0 saturated carbocycles. The van der Waals surface area contributed by atoms with Crippen LogP contribution in [-0.4, -0.2) is 15.9 Å². The van der Waals surface area contributed by atoms with Crippen LogP contribution >= 0.6 is 0 Å². The van der Waals surface area contributed by atoms with Gasteiger partial charge in [0, 0.05) is 54.6 Å². The Balaban J connectivity index is 1.29. The maximum atomic E-state index is 6.90. The minimum Gasteiger partial charge on any atom is -0.455 e. The van der Waals surface area contributed by atoms with Gasteiger partial charge in [-0.15, -0.1) is 0 Å². The second-order valence-corrected chi connectivity index (χ2v) is 14.4. The lowest BCUT2D eigenvalue weighted by molar-refractivity contribution is 0.670. The summed E-state index contributed by atoms with van der Waals surface area (Å²) >= 11 is 0. The Labute approximate surface area is 302 Å². The van der Waals surface area contributed by atoms with Gasteiger partial charge >= 0.3 is 6.85 Å². The zero-order valence-corrected chi connectivity index (χ0v) is 28.4. The van der Waals surface area contributed by atoms with E-state index in [1.807, 2.05) is 6.07 Å². The fourth-order valence-electron chi connectivity index (χ4n) is 9.67. The molecule has 5 heterocycles. The zero-order chi connectivity index (χ0) is 34.4. The molecule has 0 radical (unpaired) electrons. The van der Waals surface area contributed by atoms with Crippen LogP contribution in [0, 0.1) is 0 Å². The van der Waals surface area contributed by atoms with Crippen molar-refractivity contribution in [2.24, 2.45) is 0 Å². The molecule has 1 aliphatic rings. The summed E-state index contributed by atoms with van der Waals surface area (Å²) in [5.74, 6) is 0. The highest BCUT2D eigenvalue weighted by molar-refractivity contribution is 6.88. The lowest BCUT2D eigenvalue weighted by atomic mass is 9.48. The van der Waals surface area contributed by atoms with Crippen LogP contribution in [0.4, 0.5) is 0 Å². The predicted octanol–water partition coefficient (Wildman–Crippen LogP) is 11.3. The number of nitrogens with zero attached hydrogens (tertiary/aromatic N) is 2. The summed E-state index contributed by atoms with van der Waals surface area (Å²) in [4.78, 5) is 0. The van der Waals surface area contributed by atoms with Gasteiger partial charge in [0.2, 0.25) is 0 Å². The molecule has 0 amide bonds. The first-order chi connectivity index (χ1) is 26.3. The van der Waals surface area contributed by atoms with E-state index in [2.05, 4.69) is 167 Å². The van der Waals surface area contributed by atoms with Gasteiger partial charge in [-0.05, 0) is 52.9 Å². The standard InChI is InChI=1S/C48H27BN2O2/c1-2-13-28(14-3-1)29-18-12-19-33-30-15-4-8-21-38(30)51(45(29)33)49-36-20-7-9-22-39(36)50-40-26-25-34-31-16-5-10-23-41(31)52-47(34)43(40)44-46(50)37(49)27-35-32-17-6-11-24-42(32)53-48(35)44/h1-27H. The summed E-state index contributed by atoms with van der Waals surface area (Å²) in [5.41, 5.74) is 14.4. The van der Waals surface area contributed by atoms with E-state index < -0.39 is 0 Å². The molecule has 0 fully saturated rings. The maximum Gasteiger partial charge on any atom is 0.332 e. The first-order valence-corrected chi connectivity index (χ1v) is 18.2. The Morgan fingerprint density at radius 2 is 1.08 bits per heavy atom. The fourth-order valence-corrected chi connectivity index (χ4v) is 9.67. The van der Waals surface area contributed by atoms with Crippen molar-refractivity contribution in [1.29, 1.82) is 0 Å². The molecule has 0 aliphatic carbocycles. The van der Waals surface area contributed by atoms with E-state index in [0.29, 0.717) is 0 Å². The minimum atomic E-state index is -0.137. The molecular formula is C48H27BN2O2. The van der Waals surface area contributed by atoms with Crippen LogP contribution in [0.25, 0.3) is 104 Å². The van der Waals surface area contributed by atoms with Crippen molar-refractivity contribution in [2.45, 2.75) is 0 Å². The number of hydrogen-bond donors (Lipinski definition) is 0. The SMILES string of the molecule is c1ccc(-c2cccc3c4ccccc4n(B4c5ccccc5-n5c6ccc7c8ccccc8oc7c6c6c7oc8ccccc8c7cc4c65)c23)cc1. The molecule has 0 N–H and O–H groups in total. The highest BCUT2D eigenvalue weighted by Gasteiger charge is 2.38. The van der Waals surface area contributed by atoms with E-state index in [1.54, 1.807) is 0 Å². The number of fused-ring (bicyclic) bond motifs is 16. The van der Waals surface area contributed by atoms with Gasteiger partial charge in [0.15, 0.2) is 0 Å². The van der Waals surface area contributed by atoms with Crippen LogP contribution in [-0.2, 0) is 0 Å². The normalized spacial score (nSPS) is 12.9. The molecule has 4 nitrogen and oxygen atoms in total. The summed E-state index contributed by atoms with van der Waals surface area (Å²) in [6.07, 6.45) is 0. The highest BCUT2D eigenvalue weighted by Crippen LogP contribution is 2.46. The quantitative estimate of drug-likeness (QED) is 0.171. The van der Waals surface area contributed by atoms with Crippen molar-refractivity contribution in [2.75, 3.05) is 0 Å². The summed E-state index contributed by atoms with van der Waals surface area (Å²) in [5, 5.41) is 9.14. The van der Waals surface area contributed by atoms with Crippen molar-refractivity contribution in [3.8, 4) is 16.8 Å². The summed E-state index contributed by atoms with van der Waals surface area (Å²) < 4.78 is 18.8. The van der Waals surface area contributed by atoms with Gasteiger partial charge in [0.25, 0.3) is 0 Å². The molecule has 4 aromatic heterocycles. The van der Waals surface area contributed by atoms with E-state index in [0.717, 1.165) is 65.7 Å². The molecule has 13 rings (SSSR count). The number of para-hydroxylation sites is 5. The molecular weight excluding hydrogens is 647 g/mol. The predicted molar refractivity (Wildman–Crippen MR) is 221 cm³/mol. The Kier molecular flexibility index (Phi) is 5.16. The van der Waals surface area contributed by atoms with Crippen LogP contribution in [0.5, 0.6) is 0 Å². The van der Waals surface area contributed by atoms with Gasteiger partial charge in [0.05, 0.1) is 21.8 Å². The molecule has 1 aliphatic heterocycles. The van der Waals surface area contributed by atoms with E-state index in [4.69, 9.17) is 8.83 Å². The number of aromatic nitrogens is 2. The van der Waals surface area contributed by atoms with Crippen LogP contribution in [0.3, 0.4) is 0 Å². The third kappa shape index (κ3) is 3.42. The molecule has 8 aromatic carbocycles. The second-order valence-electron chi connectivity index (χ2n) is 14.4. The van der Waals surface area contributed by atoms with Gasteiger partial charge in [-0.25, -0.2) is 0 Å². The Morgan fingerprint density at radius 3 is 1.91 bits per heavy atom. The highest BCUT2D eigenvalue weighted by atomic mass is 16.3. The average Bonchev–Trinajstić information content (AvgIpc) is 3.97. The molecule has 0 unspecified atom stereocenters.